The van der Waals surface area contributed by atoms with Crippen molar-refractivity contribution < 1.29 is 9.90 Å². The lowest BCUT2D eigenvalue weighted by Gasteiger charge is -2.38. The van der Waals surface area contributed by atoms with Crippen molar-refractivity contribution in [1.29, 1.82) is 0 Å². The standard InChI is InChI=1S/C16H26N2O2Si/c1-11(2)21(12(3)4,13(5)6)9-8-14-10-18(7)17-15(14)16(19)20/h10-13H,1-7H3,(H,19,20). The Bertz CT molecular complexity index is 555. The first-order chi connectivity index (χ1) is 9.62. The fourth-order valence-electron chi connectivity index (χ4n) is 3.35. The summed E-state index contributed by atoms with van der Waals surface area (Å²) in [5, 5.41) is 13.2. The summed E-state index contributed by atoms with van der Waals surface area (Å²) < 4.78 is 1.51. The molecule has 1 aromatic heterocycles. The molecule has 0 atom stereocenters. The fraction of sp³-hybridized carbons (Fsp3) is 0.625. The molecule has 1 rings (SSSR count). The average Bonchev–Trinajstić information content (AvgIpc) is 2.70. The zero-order valence-corrected chi connectivity index (χ0v) is 15.1. The number of carboxylic acids is 1. The van der Waals surface area contributed by atoms with E-state index in [0.717, 1.165) is 0 Å². The van der Waals surface area contributed by atoms with Gasteiger partial charge in [0.1, 0.15) is 8.07 Å². The molecule has 0 saturated carbocycles. The number of hydrogen-bond donors (Lipinski definition) is 1. The predicted octanol–water partition coefficient (Wildman–Crippen LogP) is 3.69. The molecule has 5 heteroatoms. The Kier molecular flexibility index (Phi) is 5.40. The third-order valence-corrected chi connectivity index (χ3v) is 10.6. The smallest absolute Gasteiger partial charge is 0.357 e. The maximum absolute atomic E-state index is 11.2. The Morgan fingerprint density at radius 2 is 1.67 bits per heavy atom. The lowest BCUT2D eigenvalue weighted by Crippen LogP contribution is -2.43. The van der Waals surface area contributed by atoms with E-state index in [0.29, 0.717) is 22.2 Å². The van der Waals surface area contributed by atoms with Gasteiger partial charge < -0.3 is 5.11 Å². The number of nitrogens with zero attached hydrogens (tertiary/aromatic N) is 2. The van der Waals surface area contributed by atoms with Crippen molar-refractivity contribution in [2.75, 3.05) is 0 Å². The highest BCUT2D eigenvalue weighted by Gasteiger charge is 2.41. The van der Waals surface area contributed by atoms with Crippen molar-refractivity contribution in [1.82, 2.24) is 9.78 Å². The minimum Gasteiger partial charge on any atom is -0.476 e. The van der Waals surface area contributed by atoms with Gasteiger partial charge in [0.2, 0.25) is 0 Å². The summed E-state index contributed by atoms with van der Waals surface area (Å²) in [4.78, 5) is 11.2. The molecule has 0 fully saturated rings. The number of aryl methyl sites for hydroxylation is 1. The van der Waals surface area contributed by atoms with Crippen LogP contribution in [0, 0.1) is 11.5 Å². The Balaban J connectivity index is 3.39. The first kappa shape index (κ1) is 17.5. The van der Waals surface area contributed by atoms with E-state index in [2.05, 4.69) is 58.1 Å². The van der Waals surface area contributed by atoms with Crippen LogP contribution in [0.3, 0.4) is 0 Å². The van der Waals surface area contributed by atoms with Crippen molar-refractivity contribution in [3.63, 3.8) is 0 Å². The lowest BCUT2D eigenvalue weighted by atomic mass is 10.2. The van der Waals surface area contributed by atoms with Gasteiger partial charge in [-0.05, 0) is 16.6 Å². The molecule has 1 N–H and O–H groups in total. The van der Waals surface area contributed by atoms with Gasteiger partial charge in [-0.1, -0.05) is 47.5 Å². The number of aromatic nitrogens is 2. The molecule has 0 saturated heterocycles. The van der Waals surface area contributed by atoms with E-state index < -0.39 is 14.0 Å². The van der Waals surface area contributed by atoms with Crippen LogP contribution in [0.1, 0.15) is 57.6 Å². The van der Waals surface area contributed by atoms with Crippen LogP contribution in [-0.2, 0) is 7.05 Å². The van der Waals surface area contributed by atoms with Crippen LogP contribution in [-0.4, -0.2) is 28.9 Å². The predicted molar refractivity (Wildman–Crippen MR) is 88.1 cm³/mol. The van der Waals surface area contributed by atoms with Crippen LogP contribution in [0.2, 0.25) is 16.6 Å². The Morgan fingerprint density at radius 1 is 1.19 bits per heavy atom. The summed E-state index contributed by atoms with van der Waals surface area (Å²) in [6.07, 6.45) is 1.69. The van der Waals surface area contributed by atoms with E-state index in [4.69, 9.17) is 0 Å². The molecule has 21 heavy (non-hydrogen) atoms. The SMILES string of the molecule is CC(C)[Si](C#Cc1cn(C)nc1C(=O)O)(C(C)C)C(C)C. The van der Waals surface area contributed by atoms with Gasteiger partial charge in [-0.2, -0.15) is 5.10 Å². The zero-order chi connectivity index (χ0) is 16.4. The van der Waals surface area contributed by atoms with Crippen LogP contribution in [0.15, 0.2) is 6.20 Å². The van der Waals surface area contributed by atoms with Crippen molar-refractivity contribution in [2.24, 2.45) is 7.05 Å². The third kappa shape index (κ3) is 3.38. The quantitative estimate of drug-likeness (QED) is 0.682. The molecule has 0 aliphatic rings. The molecular weight excluding hydrogens is 280 g/mol. The summed E-state index contributed by atoms with van der Waals surface area (Å²) in [6.45, 7) is 13.4. The van der Waals surface area contributed by atoms with E-state index in [1.165, 1.54) is 4.68 Å². The van der Waals surface area contributed by atoms with Gasteiger partial charge in [0.25, 0.3) is 0 Å². The number of hydrogen-bond acceptors (Lipinski definition) is 2. The number of aromatic carboxylic acids is 1. The van der Waals surface area contributed by atoms with Crippen molar-refractivity contribution in [3.05, 3.63) is 17.5 Å². The van der Waals surface area contributed by atoms with Gasteiger partial charge in [0.15, 0.2) is 5.69 Å². The van der Waals surface area contributed by atoms with Gasteiger partial charge in [-0.3, -0.25) is 4.68 Å². The molecule has 0 unspecified atom stereocenters. The second kappa shape index (κ2) is 6.48. The van der Waals surface area contributed by atoms with E-state index in [1.54, 1.807) is 13.2 Å². The summed E-state index contributed by atoms with van der Waals surface area (Å²) in [5.74, 6) is 2.13. The van der Waals surface area contributed by atoms with Gasteiger partial charge >= 0.3 is 5.97 Å². The maximum atomic E-state index is 11.2. The van der Waals surface area contributed by atoms with E-state index in [9.17, 15) is 9.90 Å². The van der Waals surface area contributed by atoms with Crippen LogP contribution in [0.25, 0.3) is 0 Å². The molecule has 0 amide bonds. The fourth-order valence-corrected chi connectivity index (χ4v) is 8.56. The van der Waals surface area contributed by atoms with E-state index >= 15 is 0 Å². The topological polar surface area (TPSA) is 55.1 Å². The lowest BCUT2D eigenvalue weighted by molar-refractivity contribution is 0.0689. The van der Waals surface area contributed by atoms with Crippen molar-refractivity contribution in [3.8, 4) is 11.5 Å². The molecule has 0 aliphatic heterocycles. The molecular formula is C16H26N2O2Si. The van der Waals surface area contributed by atoms with Crippen LogP contribution in [0.5, 0.6) is 0 Å². The molecule has 116 valence electrons. The molecule has 1 aromatic rings. The van der Waals surface area contributed by atoms with Gasteiger partial charge in [0.05, 0.1) is 5.56 Å². The third-order valence-electron chi connectivity index (χ3n) is 4.31. The zero-order valence-electron chi connectivity index (χ0n) is 14.1. The van der Waals surface area contributed by atoms with E-state index in [-0.39, 0.29) is 5.69 Å². The number of carboxylic acid groups (broad SMARTS) is 1. The molecule has 4 nitrogen and oxygen atoms in total. The largest absolute Gasteiger partial charge is 0.476 e. The van der Waals surface area contributed by atoms with Gasteiger partial charge in [-0.15, -0.1) is 5.54 Å². The normalized spacial score (nSPS) is 11.9. The number of carbonyl (C=O) groups is 1. The molecule has 0 aromatic carbocycles. The first-order valence-electron chi connectivity index (χ1n) is 7.43. The Labute approximate surface area is 128 Å². The highest BCUT2D eigenvalue weighted by molar-refractivity contribution is 6.90. The van der Waals surface area contributed by atoms with Crippen LogP contribution >= 0.6 is 0 Å². The first-order valence-corrected chi connectivity index (χ1v) is 9.66. The Morgan fingerprint density at radius 3 is 2.05 bits per heavy atom. The highest BCUT2D eigenvalue weighted by Crippen LogP contribution is 2.40. The van der Waals surface area contributed by atoms with E-state index in [1.807, 2.05) is 0 Å². The van der Waals surface area contributed by atoms with Crippen molar-refractivity contribution >= 4 is 14.0 Å². The Hall–Kier alpha value is -1.54. The van der Waals surface area contributed by atoms with Crippen LogP contribution < -0.4 is 0 Å². The average molecular weight is 306 g/mol. The maximum Gasteiger partial charge on any atom is 0.357 e. The minimum absolute atomic E-state index is 0.0455. The molecule has 0 radical (unpaired) electrons. The number of rotatable bonds is 4. The molecule has 1 heterocycles. The molecule has 0 aliphatic carbocycles. The summed E-state index contributed by atoms with van der Waals surface area (Å²) in [7, 11) is -0.132. The van der Waals surface area contributed by atoms with Crippen molar-refractivity contribution in [2.45, 2.75) is 58.2 Å². The summed E-state index contributed by atoms with van der Waals surface area (Å²) >= 11 is 0. The van der Waals surface area contributed by atoms with Gasteiger partial charge in [0, 0.05) is 13.2 Å². The molecule has 0 spiro atoms. The van der Waals surface area contributed by atoms with Gasteiger partial charge in [-0.25, -0.2) is 4.79 Å². The second-order valence-corrected chi connectivity index (χ2v) is 12.1. The summed E-state index contributed by atoms with van der Waals surface area (Å²) in [5.41, 5.74) is 5.66. The molecule has 0 bridgehead atoms. The summed E-state index contributed by atoms with van der Waals surface area (Å²) in [6, 6.07) is 0. The van der Waals surface area contributed by atoms with Crippen LogP contribution in [0.4, 0.5) is 0 Å². The monoisotopic (exact) mass is 306 g/mol. The minimum atomic E-state index is -1.85. The highest BCUT2D eigenvalue weighted by atomic mass is 28.3. The second-order valence-electron chi connectivity index (χ2n) is 6.52.